The van der Waals surface area contributed by atoms with Crippen LogP contribution in [0.5, 0.6) is 5.75 Å². The number of sulfonamides is 1. The van der Waals surface area contributed by atoms with Crippen LogP contribution in [0.4, 0.5) is 0 Å². The number of benzene rings is 1. The fourth-order valence-corrected chi connectivity index (χ4v) is 6.59. The highest BCUT2D eigenvalue weighted by Crippen LogP contribution is 2.30. The number of aryl methyl sites for hydroxylation is 1. The Morgan fingerprint density at radius 3 is 2.52 bits per heavy atom. The number of thiophene rings is 1. The van der Waals surface area contributed by atoms with Gasteiger partial charge < -0.3 is 9.64 Å². The average Bonchev–Trinajstić information content (AvgIpc) is 3.19. The summed E-state index contributed by atoms with van der Waals surface area (Å²) < 4.78 is 32.9. The zero-order chi connectivity index (χ0) is 21.2. The normalized spacial score (nSPS) is 19.0. The van der Waals surface area contributed by atoms with Gasteiger partial charge in [0.15, 0.2) is 0 Å². The minimum atomic E-state index is -3.55. The van der Waals surface area contributed by atoms with E-state index >= 15 is 0 Å². The summed E-state index contributed by atoms with van der Waals surface area (Å²) in [7, 11) is -0.142. The molecule has 1 aliphatic rings. The van der Waals surface area contributed by atoms with Gasteiger partial charge in [-0.1, -0.05) is 12.1 Å². The standard InChI is InChI=1S/C21H28N2O4S2/c1-15-7-12-20(28-15)29(25,26)23-13-5-6-18(14-23)21(24)22(3)16(2)17-8-10-19(27-4)11-9-17/h7-12,16,18H,5-6,13-14H2,1-4H3. The fourth-order valence-electron chi connectivity index (χ4n) is 3.63. The molecule has 29 heavy (non-hydrogen) atoms. The molecular weight excluding hydrogens is 408 g/mol. The smallest absolute Gasteiger partial charge is 0.252 e. The van der Waals surface area contributed by atoms with E-state index in [0.29, 0.717) is 23.6 Å². The Labute approximate surface area is 177 Å². The summed E-state index contributed by atoms with van der Waals surface area (Å²) in [6.45, 7) is 4.56. The summed E-state index contributed by atoms with van der Waals surface area (Å²) in [6, 6.07) is 11.0. The van der Waals surface area contributed by atoms with Crippen LogP contribution in [0, 0.1) is 12.8 Å². The van der Waals surface area contributed by atoms with Crippen LogP contribution in [-0.2, 0) is 14.8 Å². The maximum Gasteiger partial charge on any atom is 0.252 e. The Morgan fingerprint density at radius 2 is 1.93 bits per heavy atom. The maximum atomic E-state index is 13.1. The molecule has 1 aromatic heterocycles. The van der Waals surface area contributed by atoms with E-state index in [1.54, 1.807) is 25.1 Å². The van der Waals surface area contributed by atoms with Gasteiger partial charge in [0.05, 0.1) is 19.1 Å². The van der Waals surface area contributed by atoms with Crippen LogP contribution < -0.4 is 4.74 Å². The van der Waals surface area contributed by atoms with E-state index in [1.165, 1.54) is 15.6 Å². The molecule has 0 N–H and O–H groups in total. The SMILES string of the molecule is COc1ccc(C(C)N(C)C(=O)C2CCCN(S(=O)(=O)c3ccc(C)s3)C2)cc1. The van der Waals surface area contributed by atoms with Crippen molar-refractivity contribution in [2.45, 2.75) is 36.9 Å². The second-order valence-corrected chi connectivity index (χ2v) is 10.9. The van der Waals surface area contributed by atoms with Crippen molar-refractivity contribution in [2.75, 3.05) is 27.2 Å². The lowest BCUT2D eigenvalue weighted by Gasteiger charge is -2.35. The molecule has 0 spiro atoms. The Morgan fingerprint density at radius 1 is 1.24 bits per heavy atom. The number of hydrogen-bond acceptors (Lipinski definition) is 5. The molecule has 0 radical (unpaired) electrons. The number of ether oxygens (including phenoxy) is 1. The van der Waals surface area contributed by atoms with Crippen LogP contribution in [0.3, 0.4) is 0 Å². The van der Waals surface area contributed by atoms with Gasteiger partial charge in [-0.25, -0.2) is 8.42 Å². The van der Waals surface area contributed by atoms with Gasteiger partial charge in [-0.15, -0.1) is 11.3 Å². The molecule has 158 valence electrons. The summed E-state index contributed by atoms with van der Waals surface area (Å²) in [5.74, 6) is 0.424. The molecule has 2 atom stereocenters. The zero-order valence-corrected chi connectivity index (χ0v) is 18.9. The fraction of sp³-hybridized carbons (Fsp3) is 0.476. The molecule has 1 fully saturated rings. The summed E-state index contributed by atoms with van der Waals surface area (Å²) >= 11 is 1.27. The van der Waals surface area contributed by atoms with Crippen molar-refractivity contribution >= 4 is 27.3 Å². The van der Waals surface area contributed by atoms with Gasteiger partial charge in [0.1, 0.15) is 9.96 Å². The summed E-state index contributed by atoms with van der Waals surface area (Å²) in [6.07, 6.45) is 1.39. The van der Waals surface area contributed by atoms with Gasteiger partial charge in [-0.3, -0.25) is 4.79 Å². The number of piperidine rings is 1. The van der Waals surface area contributed by atoms with Crippen LogP contribution in [-0.4, -0.2) is 50.8 Å². The first-order valence-corrected chi connectivity index (χ1v) is 12.0. The Kier molecular flexibility index (Phi) is 6.65. The molecule has 8 heteroatoms. The van der Waals surface area contributed by atoms with Crippen LogP contribution in [0.2, 0.25) is 0 Å². The maximum absolute atomic E-state index is 13.1. The molecule has 1 amide bonds. The first-order valence-electron chi connectivity index (χ1n) is 9.71. The lowest BCUT2D eigenvalue weighted by molar-refractivity contribution is -0.137. The predicted molar refractivity (Wildman–Crippen MR) is 115 cm³/mol. The van der Waals surface area contributed by atoms with E-state index in [2.05, 4.69) is 0 Å². The summed E-state index contributed by atoms with van der Waals surface area (Å²) in [5.41, 5.74) is 1.01. The number of nitrogens with zero attached hydrogens (tertiary/aromatic N) is 2. The third-order valence-corrected chi connectivity index (χ3v) is 8.90. The van der Waals surface area contributed by atoms with Gasteiger partial charge in [0.25, 0.3) is 10.0 Å². The molecule has 1 aliphatic heterocycles. The van der Waals surface area contributed by atoms with E-state index in [-0.39, 0.29) is 24.4 Å². The van der Waals surface area contributed by atoms with E-state index in [4.69, 9.17) is 4.74 Å². The van der Waals surface area contributed by atoms with Crippen LogP contribution in [0.25, 0.3) is 0 Å². The highest BCUT2D eigenvalue weighted by Gasteiger charge is 2.35. The summed E-state index contributed by atoms with van der Waals surface area (Å²) in [5, 5.41) is 0. The molecule has 2 unspecified atom stereocenters. The van der Waals surface area contributed by atoms with E-state index in [9.17, 15) is 13.2 Å². The molecule has 2 heterocycles. The number of carbonyl (C=O) groups excluding carboxylic acids is 1. The number of methoxy groups -OCH3 is 1. The third-order valence-electron chi connectivity index (χ3n) is 5.57. The second-order valence-electron chi connectivity index (χ2n) is 7.47. The minimum Gasteiger partial charge on any atom is -0.497 e. The predicted octanol–water partition coefficient (Wildman–Crippen LogP) is 3.69. The number of rotatable bonds is 6. The summed E-state index contributed by atoms with van der Waals surface area (Å²) in [4.78, 5) is 15.8. The number of amides is 1. The van der Waals surface area contributed by atoms with Crippen molar-refractivity contribution in [3.05, 3.63) is 46.8 Å². The molecule has 0 bridgehead atoms. The molecule has 1 aromatic carbocycles. The molecule has 3 rings (SSSR count). The van der Waals surface area contributed by atoms with Gasteiger partial charge in [-0.2, -0.15) is 4.31 Å². The molecule has 6 nitrogen and oxygen atoms in total. The van der Waals surface area contributed by atoms with Crippen molar-refractivity contribution in [2.24, 2.45) is 5.92 Å². The molecule has 1 saturated heterocycles. The van der Waals surface area contributed by atoms with E-state index in [0.717, 1.165) is 16.2 Å². The van der Waals surface area contributed by atoms with Crippen LogP contribution >= 0.6 is 11.3 Å². The van der Waals surface area contributed by atoms with Gasteiger partial charge in [0.2, 0.25) is 5.91 Å². The Bertz CT molecular complexity index is 953. The molecular formula is C21H28N2O4S2. The minimum absolute atomic E-state index is 0.0180. The Hall–Kier alpha value is -1.90. The lowest BCUT2D eigenvalue weighted by atomic mass is 9.97. The topological polar surface area (TPSA) is 66.9 Å². The quantitative estimate of drug-likeness (QED) is 0.693. The zero-order valence-electron chi connectivity index (χ0n) is 17.3. The van der Waals surface area contributed by atoms with Crippen LogP contribution in [0.15, 0.2) is 40.6 Å². The van der Waals surface area contributed by atoms with E-state index in [1.807, 2.05) is 44.2 Å². The monoisotopic (exact) mass is 436 g/mol. The lowest BCUT2D eigenvalue weighted by Crippen LogP contribution is -2.46. The van der Waals surface area contributed by atoms with Gasteiger partial charge in [0, 0.05) is 25.0 Å². The first kappa shape index (κ1) is 21.8. The van der Waals surface area contributed by atoms with Gasteiger partial charge in [-0.05, 0) is 56.5 Å². The number of hydrogen-bond donors (Lipinski definition) is 0. The van der Waals surface area contributed by atoms with Crippen molar-refractivity contribution < 1.29 is 17.9 Å². The second kappa shape index (κ2) is 8.85. The Balaban J connectivity index is 1.71. The largest absolute Gasteiger partial charge is 0.497 e. The van der Waals surface area contributed by atoms with Crippen molar-refractivity contribution in [1.82, 2.24) is 9.21 Å². The highest BCUT2D eigenvalue weighted by molar-refractivity contribution is 7.91. The molecule has 0 saturated carbocycles. The third kappa shape index (κ3) is 4.65. The average molecular weight is 437 g/mol. The first-order chi connectivity index (χ1) is 13.7. The number of carbonyl (C=O) groups is 1. The van der Waals surface area contributed by atoms with Gasteiger partial charge >= 0.3 is 0 Å². The van der Waals surface area contributed by atoms with Crippen LogP contribution in [0.1, 0.15) is 36.2 Å². The highest BCUT2D eigenvalue weighted by atomic mass is 32.2. The van der Waals surface area contributed by atoms with E-state index < -0.39 is 10.0 Å². The van der Waals surface area contributed by atoms with Crippen molar-refractivity contribution in [1.29, 1.82) is 0 Å². The van der Waals surface area contributed by atoms with Crippen molar-refractivity contribution in [3.8, 4) is 5.75 Å². The van der Waals surface area contributed by atoms with Crippen molar-refractivity contribution in [3.63, 3.8) is 0 Å². The molecule has 0 aliphatic carbocycles. The molecule has 2 aromatic rings.